The lowest BCUT2D eigenvalue weighted by molar-refractivity contribution is -0.141. The van der Waals surface area contributed by atoms with Crippen LogP contribution in [0.3, 0.4) is 0 Å². The van der Waals surface area contributed by atoms with Gasteiger partial charge in [0.25, 0.3) is 0 Å². The molecule has 1 heterocycles. The van der Waals surface area contributed by atoms with Gasteiger partial charge < -0.3 is 15.6 Å². The second-order valence-electron chi connectivity index (χ2n) is 9.61. The van der Waals surface area contributed by atoms with Gasteiger partial charge in [-0.05, 0) is 73.1 Å². The average molecular weight is 499 g/mol. The number of carbonyl (C=O) groups is 2. The van der Waals surface area contributed by atoms with E-state index in [1.807, 2.05) is 36.4 Å². The van der Waals surface area contributed by atoms with E-state index in [0.717, 1.165) is 42.6 Å². The second-order valence-corrected chi connectivity index (χ2v) is 9.61. The molecule has 3 aromatic rings. The first-order chi connectivity index (χ1) is 17.9. The maximum Gasteiger partial charge on any atom is 0.319 e. The van der Waals surface area contributed by atoms with Gasteiger partial charge in [-0.2, -0.15) is 0 Å². The molecule has 2 unspecified atom stereocenters. The molecule has 37 heavy (non-hydrogen) atoms. The van der Waals surface area contributed by atoms with Crippen LogP contribution < -0.4 is 5.73 Å². The number of nitrogens with zero attached hydrogens (tertiary/aromatic N) is 1. The summed E-state index contributed by atoms with van der Waals surface area (Å²) in [6, 6.07) is 20.9. The van der Waals surface area contributed by atoms with Crippen molar-refractivity contribution in [2.45, 2.75) is 51.7 Å². The Morgan fingerprint density at radius 1 is 1.05 bits per heavy atom. The highest BCUT2D eigenvalue weighted by atomic mass is 16.5. The molecule has 2 aromatic carbocycles. The predicted octanol–water partition coefficient (Wildman–Crippen LogP) is 5.34. The minimum atomic E-state index is -1.49. The van der Waals surface area contributed by atoms with E-state index in [1.54, 1.807) is 18.2 Å². The highest BCUT2D eigenvalue weighted by Crippen LogP contribution is 2.47. The van der Waals surface area contributed by atoms with Crippen molar-refractivity contribution in [3.8, 4) is 0 Å². The Hall–Kier alpha value is -3.61. The first-order valence-corrected chi connectivity index (χ1v) is 12.9. The standard InChI is InChI=1S/C31H34N2O4/c1-2-22-12-14-23(15-13-22)7-3-4-18-37-21-27-11-6-10-26(33-27)17-16-24-8-5-9-25(19-24)29(34)31(30(35)36)20-28(31)32/h5-6,8-17,19,28H,2-4,7,18,20-21,32H2,1H3,(H,35,36). The predicted molar refractivity (Wildman–Crippen MR) is 145 cm³/mol. The van der Waals surface area contributed by atoms with Crippen LogP contribution in [0.25, 0.3) is 12.2 Å². The molecule has 0 radical (unpaired) electrons. The number of hydrogen-bond donors (Lipinski definition) is 2. The highest BCUT2D eigenvalue weighted by Gasteiger charge is 2.64. The molecule has 192 valence electrons. The number of hydrogen-bond acceptors (Lipinski definition) is 5. The SMILES string of the molecule is CCc1ccc(CCCCOCc2cccc(C=Cc3cccc(C(=O)C4(C(=O)O)CC4N)c3)n2)cc1. The van der Waals surface area contributed by atoms with Crippen LogP contribution in [0, 0.1) is 5.41 Å². The molecule has 1 aliphatic rings. The van der Waals surface area contributed by atoms with Gasteiger partial charge >= 0.3 is 5.97 Å². The van der Waals surface area contributed by atoms with Crippen molar-refractivity contribution in [2.75, 3.05) is 6.61 Å². The van der Waals surface area contributed by atoms with Crippen molar-refractivity contribution in [3.63, 3.8) is 0 Å². The second kappa shape index (κ2) is 12.1. The Balaban J connectivity index is 1.26. The molecule has 0 spiro atoms. The Bertz CT molecular complexity index is 1270. The number of Topliss-reactive ketones (excluding diaryl/α,β-unsaturated/α-hetero) is 1. The topological polar surface area (TPSA) is 103 Å². The van der Waals surface area contributed by atoms with E-state index in [2.05, 4.69) is 36.2 Å². The summed E-state index contributed by atoms with van der Waals surface area (Å²) in [5, 5.41) is 9.49. The number of unbranched alkanes of at least 4 members (excludes halogenated alkanes) is 1. The minimum absolute atomic E-state index is 0.173. The fourth-order valence-electron chi connectivity index (χ4n) is 4.44. The van der Waals surface area contributed by atoms with Crippen LogP contribution in [0.5, 0.6) is 0 Å². The summed E-state index contributed by atoms with van der Waals surface area (Å²) < 4.78 is 5.84. The fourth-order valence-corrected chi connectivity index (χ4v) is 4.44. The van der Waals surface area contributed by atoms with Crippen LogP contribution >= 0.6 is 0 Å². The van der Waals surface area contributed by atoms with Crippen LogP contribution in [-0.4, -0.2) is 34.5 Å². The van der Waals surface area contributed by atoms with E-state index >= 15 is 0 Å². The van der Waals surface area contributed by atoms with E-state index in [0.29, 0.717) is 18.8 Å². The summed E-state index contributed by atoms with van der Waals surface area (Å²) in [5.74, 6) is -1.59. The van der Waals surface area contributed by atoms with Crippen LogP contribution in [0.4, 0.5) is 0 Å². The average Bonchev–Trinajstić information content (AvgIpc) is 3.62. The molecule has 1 aliphatic carbocycles. The van der Waals surface area contributed by atoms with Crippen molar-refractivity contribution >= 4 is 23.9 Å². The first kappa shape index (κ1) is 26.5. The molecule has 6 heteroatoms. The summed E-state index contributed by atoms with van der Waals surface area (Å²) in [6.45, 7) is 3.31. The number of aryl methyl sites for hydroxylation is 2. The summed E-state index contributed by atoms with van der Waals surface area (Å²) in [4.78, 5) is 29.0. The zero-order valence-corrected chi connectivity index (χ0v) is 21.2. The molecular formula is C31H34N2O4. The Kier molecular flexibility index (Phi) is 8.64. The van der Waals surface area contributed by atoms with Gasteiger partial charge in [0.1, 0.15) is 5.41 Å². The molecule has 2 atom stereocenters. The van der Waals surface area contributed by atoms with Gasteiger partial charge in [-0.15, -0.1) is 0 Å². The van der Waals surface area contributed by atoms with E-state index in [1.165, 1.54) is 11.1 Å². The quantitative estimate of drug-likeness (QED) is 0.187. The van der Waals surface area contributed by atoms with Crippen LogP contribution in [-0.2, 0) is 29.0 Å². The Morgan fingerprint density at radius 2 is 1.78 bits per heavy atom. The van der Waals surface area contributed by atoms with Gasteiger partial charge in [0.05, 0.1) is 18.0 Å². The lowest BCUT2D eigenvalue weighted by Crippen LogP contribution is -2.32. The fraction of sp³-hybridized carbons (Fsp3) is 0.323. The number of benzene rings is 2. The zero-order valence-electron chi connectivity index (χ0n) is 21.2. The number of carbonyl (C=O) groups excluding carboxylic acids is 1. The maximum absolute atomic E-state index is 12.8. The smallest absolute Gasteiger partial charge is 0.319 e. The number of rotatable bonds is 13. The van der Waals surface area contributed by atoms with E-state index < -0.39 is 23.2 Å². The van der Waals surface area contributed by atoms with Gasteiger partial charge in [-0.3, -0.25) is 14.6 Å². The number of ketones is 1. The number of pyridine rings is 1. The Labute approximate surface area is 218 Å². The maximum atomic E-state index is 12.8. The first-order valence-electron chi connectivity index (χ1n) is 12.9. The van der Waals surface area contributed by atoms with Crippen molar-refractivity contribution in [1.82, 2.24) is 4.98 Å². The number of aromatic nitrogens is 1. The number of carboxylic acids is 1. The molecule has 0 amide bonds. The van der Waals surface area contributed by atoms with Gasteiger partial charge in [0.2, 0.25) is 0 Å². The molecule has 4 rings (SSSR count). The normalized spacial score (nSPS) is 18.7. The van der Waals surface area contributed by atoms with Gasteiger partial charge in [-0.1, -0.05) is 61.5 Å². The third kappa shape index (κ3) is 6.59. The van der Waals surface area contributed by atoms with Crippen LogP contribution in [0.2, 0.25) is 0 Å². The largest absolute Gasteiger partial charge is 0.480 e. The molecule has 0 saturated heterocycles. The lowest BCUT2D eigenvalue weighted by atomic mass is 9.93. The van der Waals surface area contributed by atoms with Gasteiger partial charge in [-0.25, -0.2) is 0 Å². The molecule has 1 saturated carbocycles. The van der Waals surface area contributed by atoms with E-state index in [9.17, 15) is 14.7 Å². The van der Waals surface area contributed by atoms with Crippen LogP contribution in [0.15, 0.2) is 66.7 Å². The number of aliphatic carboxylic acids is 1. The third-order valence-corrected chi connectivity index (χ3v) is 6.91. The Morgan fingerprint density at radius 3 is 2.49 bits per heavy atom. The van der Waals surface area contributed by atoms with Crippen molar-refractivity contribution in [2.24, 2.45) is 11.1 Å². The molecule has 1 fully saturated rings. The third-order valence-electron chi connectivity index (χ3n) is 6.91. The van der Waals surface area contributed by atoms with Crippen LogP contribution in [0.1, 0.15) is 64.6 Å². The molecular weight excluding hydrogens is 464 g/mol. The lowest BCUT2D eigenvalue weighted by Gasteiger charge is -2.10. The molecule has 3 N–H and O–H groups in total. The molecule has 0 aliphatic heterocycles. The zero-order chi connectivity index (χ0) is 26.3. The summed E-state index contributed by atoms with van der Waals surface area (Å²) in [5.41, 5.74) is 9.80. The van der Waals surface area contributed by atoms with Gasteiger partial charge in [0, 0.05) is 18.2 Å². The van der Waals surface area contributed by atoms with Crippen molar-refractivity contribution in [1.29, 1.82) is 0 Å². The van der Waals surface area contributed by atoms with Gasteiger partial charge in [0.15, 0.2) is 5.78 Å². The molecule has 0 bridgehead atoms. The monoisotopic (exact) mass is 498 g/mol. The molecule has 1 aromatic heterocycles. The summed E-state index contributed by atoms with van der Waals surface area (Å²) in [7, 11) is 0. The summed E-state index contributed by atoms with van der Waals surface area (Å²) in [6.07, 6.45) is 8.11. The minimum Gasteiger partial charge on any atom is -0.480 e. The highest BCUT2D eigenvalue weighted by molar-refractivity contribution is 6.15. The number of nitrogens with two attached hydrogens (primary N) is 1. The van der Waals surface area contributed by atoms with Crippen molar-refractivity contribution in [3.05, 3.63) is 100 Å². The van der Waals surface area contributed by atoms with Crippen molar-refractivity contribution < 1.29 is 19.4 Å². The molecule has 6 nitrogen and oxygen atoms in total. The number of ether oxygens (including phenoxy) is 1. The van der Waals surface area contributed by atoms with E-state index in [-0.39, 0.29) is 6.42 Å². The van der Waals surface area contributed by atoms with E-state index in [4.69, 9.17) is 10.5 Å². The number of carboxylic acid groups (broad SMARTS) is 1. The summed E-state index contributed by atoms with van der Waals surface area (Å²) >= 11 is 0.